The largest absolute Gasteiger partial charge is 0.388 e. The zero-order valence-corrected chi connectivity index (χ0v) is 13.2. The number of nitrogens with zero attached hydrogens (tertiary/aromatic N) is 1. The van der Waals surface area contributed by atoms with Crippen molar-refractivity contribution in [1.29, 1.82) is 0 Å². The monoisotopic (exact) mass is 349 g/mol. The summed E-state index contributed by atoms with van der Waals surface area (Å²) >= 11 is 17.2. The third-order valence-corrected chi connectivity index (χ3v) is 4.66. The number of carbonyl (C=O) groups is 1. The minimum absolute atomic E-state index is 0.0882. The van der Waals surface area contributed by atoms with Gasteiger partial charge in [0.1, 0.15) is 6.10 Å². The van der Waals surface area contributed by atoms with Gasteiger partial charge in [-0.05, 0) is 6.42 Å². The Morgan fingerprint density at radius 3 is 2.57 bits per heavy atom. The average molecular weight is 351 g/mol. The summed E-state index contributed by atoms with van der Waals surface area (Å²) < 4.78 is 3.84. The number of aliphatic hydroxyl groups is 1. The van der Waals surface area contributed by atoms with E-state index in [0.717, 1.165) is 5.56 Å². The molecule has 0 aromatic heterocycles. The highest BCUT2D eigenvalue weighted by atomic mass is 35.6. The van der Waals surface area contributed by atoms with Crippen molar-refractivity contribution >= 4 is 40.7 Å². The van der Waals surface area contributed by atoms with Crippen molar-refractivity contribution in [3.05, 3.63) is 35.9 Å². The number of amides is 1. The number of aliphatic hydroxyl groups excluding tert-OH is 1. The molecule has 7 heteroatoms. The molecule has 1 amide bonds. The lowest BCUT2D eigenvalue weighted by Crippen LogP contribution is -2.39. The maximum atomic E-state index is 12.6. The van der Waals surface area contributed by atoms with Crippen LogP contribution in [0.1, 0.15) is 18.2 Å². The molecule has 1 aromatic rings. The van der Waals surface area contributed by atoms with Crippen molar-refractivity contribution in [3.8, 4) is 0 Å². The maximum Gasteiger partial charge on any atom is 0.231 e. The van der Waals surface area contributed by atoms with E-state index < -0.39 is 22.0 Å². The first kappa shape index (κ1) is 15.4. The molecule has 4 atom stereocenters. The Labute approximate surface area is 137 Å². The molecule has 21 heavy (non-hydrogen) atoms. The number of alkyl halides is 3. The lowest BCUT2D eigenvalue weighted by molar-refractivity contribution is -0.140. The van der Waals surface area contributed by atoms with Crippen LogP contribution in [0.3, 0.4) is 0 Å². The third-order valence-electron chi connectivity index (χ3n) is 3.99. The van der Waals surface area contributed by atoms with Gasteiger partial charge >= 0.3 is 0 Å². The molecule has 0 aliphatic carbocycles. The summed E-state index contributed by atoms with van der Waals surface area (Å²) in [6.07, 6.45) is -1.33. The number of halogens is 3. The van der Waals surface area contributed by atoms with Crippen LogP contribution in [0.4, 0.5) is 0 Å². The van der Waals surface area contributed by atoms with E-state index in [4.69, 9.17) is 39.5 Å². The predicted octanol–water partition coefficient (Wildman–Crippen LogP) is 2.66. The van der Waals surface area contributed by atoms with Crippen LogP contribution in [-0.4, -0.2) is 38.5 Å². The van der Waals surface area contributed by atoms with Crippen molar-refractivity contribution in [2.45, 2.75) is 28.6 Å². The second kappa shape index (κ2) is 5.60. The highest BCUT2D eigenvalue weighted by Gasteiger charge is 2.53. The molecule has 1 N–H and O–H groups in total. The molecule has 1 unspecified atom stereocenters. The van der Waals surface area contributed by atoms with E-state index in [1.54, 1.807) is 4.90 Å². The van der Waals surface area contributed by atoms with Gasteiger partial charge in [0.05, 0.1) is 18.6 Å². The normalized spacial score (nSPS) is 30.6. The molecule has 2 aliphatic heterocycles. The Morgan fingerprint density at radius 1 is 1.29 bits per heavy atom. The van der Waals surface area contributed by atoms with Gasteiger partial charge in [-0.25, -0.2) is 0 Å². The average Bonchev–Trinajstić information content (AvgIpc) is 2.99. The van der Waals surface area contributed by atoms with E-state index in [-0.39, 0.29) is 11.9 Å². The first-order valence-electron chi connectivity index (χ1n) is 6.63. The van der Waals surface area contributed by atoms with Gasteiger partial charge < -0.3 is 14.7 Å². The van der Waals surface area contributed by atoms with Gasteiger partial charge in [-0.3, -0.25) is 4.79 Å². The summed E-state index contributed by atoms with van der Waals surface area (Å²) in [5.74, 6) is -0.942. The summed E-state index contributed by atoms with van der Waals surface area (Å²) in [6.45, 7) is 0.425. The second-order valence-electron chi connectivity index (χ2n) is 5.32. The van der Waals surface area contributed by atoms with Crippen molar-refractivity contribution < 1.29 is 14.6 Å². The van der Waals surface area contributed by atoms with E-state index in [1.165, 1.54) is 0 Å². The minimum Gasteiger partial charge on any atom is -0.388 e. The lowest BCUT2D eigenvalue weighted by atomic mass is 9.99. The number of fused-ring (bicyclic) bond motifs is 1. The molecule has 0 radical (unpaired) electrons. The Bertz CT molecular complexity index is 534. The van der Waals surface area contributed by atoms with Crippen LogP contribution in [0, 0.1) is 5.92 Å². The number of rotatable bonds is 2. The Morgan fingerprint density at radius 2 is 1.95 bits per heavy atom. The summed E-state index contributed by atoms with van der Waals surface area (Å²) in [4.78, 5) is 14.2. The van der Waals surface area contributed by atoms with Crippen molar-refractivity contribution in [2.75, 3.05) is 6.61 Å². The smallest absolute Gasteiger partial charge is 0.231 e. The molecule has 2 saturated heterocycles. The lowest BCUT2D eigenvalue weighted by Gasteiger charge is -2.26. The van der Waals surface area contributed by atoms with E-state index >= 15 is 0 Å². The summed E-state index contributed by atoms with van der Waals surface area (Å²) in [6, 6.07) is 9.39. The van der Waals surface area contributed by atoms with E-state index in [2.05, 4.69) is 0 Å². The molecular weight excluding hydrogens is 337 g/mol. The van der Waals surface area contributed by atoms with Gasteiger partial charge in [-0.1, -0.05) is 65.1 Å². The van der Waals surface area contributed by atoms with Crippen LogP contribution in [0.2, 0.25) is 0 Å². The fourth-order valence-electron chi connectivity index (χ4n) is 2.98. The van der Waals surface area contributed by atoms with Gasteiger partial charge in [0.15, 0.2) is 6.23 Å². The first-order chi connectivity index (χ1) is 9.89. The van der Waals surface area contributed by atoms with E-state index in [9.17, 15) is 9.90 Å². The molecule has 3 rings (SSSR count). The number of carbonyl (C=O) groups excluding carboxylic acids is 1. The zero-order valence-electron chi connectivity index (χ0n) is 11.0. The first-order valence-corrected chi connectivity index (χ1v) is 7.76. The zero-order chi connectivity index (χ0) is 15.2. The Kier molecular flexibility index (Phi) is 4.10. The van der Waals surface area contributed by atoms with Crippen LogP contribution < -0.4 is 0 Å². The number of hydrogen-bond acceptors (Lipinski definition) is 3. The molecule has 0 saturated carbocycles. The Hall–Kier alpha value is -0.520. The maximum absolute atomic E-state index is 12.6. The molecular formula is C14H14Cl3NO3. The second-order valence-corrected chi connectivity index (χ2v) is 7.69. The molecule has 2 aliphatic rings. The van der Waals surface area contributed by atoms with E-state index in [0.29, 0.717) is 13.0 Å². The fraction of sp³-hybridized carbons (Fsp3) is 0.500. The summed E-state index contributed by atoms with van der Waals surface area (Å²) in [5.41, 5.74) is 0.900. The topological polar surface area (TPSA) is 49.8 Å². The van der Waals surface area contributed by atoms with Crippen LogP contribution in [0.25, 0.3) is 0 Å². The molecule has 0 spiro atoms. The summed E-state index contributed by atoms with van der Waals surface area (Å²) in [7, 11) is 0. The van der Waals surface area contributed by atoms with Gasteiger partial charge in [-0.15, -0.1) is 0 Å². The molecule has 4 nitrogen and oxygen atoms in total. The van der Waals surface area contributed by atoms with Crippen molar-refractivity contribution in [2.24, 2.45) is 5.92 Å². The third kappa shape index (κ3) is 2.76. The molecule has 1 aromatic carbocycles. The molecule has 2 fully saturated rings. The van der Waals surface area contributed by atoms with Crippen LogP contribution in [0.15, 0.2) is 30.3 Å². The predicted molar refractivity (Wildman–Crippen MR) is 80.2 cm³/mol. The van der Waals surface area contributed by atoms with Crippen molar-refractivity contribution in [3.63, 3.8) is 0 Å². The Balaban J connectivity index is 1.83. The van der Waals surface area contributed by atoms with E-state index in [1.807, 2.05) is 30.3 Å². The highest BCUT2D eigenvalue weighted by Crippen LogP contribution is 2.44. The van der Waals surface area contributed by atoms with Gasteiger partial charge in [-0.2, -0.15) is 0 Å². The quantitative estimate of drug-likeness (QED) is 0.834. The summed E-state index contributed by atoms with van der Waals surface area (Å²) in [5, 5.41) is 10.1. The molecule has 0 bridgehead atoms. The SMILES string of the molecule is O=C1[C@@H](C(O)C(Cl)(Cl)Cl)C[C@H]2CO[C@H](c3ccccc3)N12. The minimum atomic E-state index is -1.87. The number of hydrogen-bond donors (Lipinski definition) is 1. The van der Waals surface area contributed by atoms with Gasteiger partial charge in [0, 0.05) is 5.56 Å². The van der Waals surface area contributed by atoms with Crippen molar-refractivity contribution in [1.82, 2.24) is 4.90 Å². The van der Waals surface area contributed by atoms with Crippen LogP contribution >= 0.6 is 34.8 Å². The van der Waals surface area contributed by atoms with Gasteiger partial charge in [0.2, 0.25) is 9.70 Å². The fourth-order valence-corrected chi connectivity index (χ4v) is 3.44. The standard InChI is InChI=1S/C14H14Cl3NO3/c15-14(16,17)11(19)10-6-9-7-21-13(18(9)12(10)20)8-4-2-1-3-5-8/h1-5,9-11,13,19H,6-7H2/t9-,10+,11?,13+/m0/s1. The molecule has 114 valence electrons. The number of benzene rings is 1. The van der Waals surface area contributed by atoms with Crippen LogP contribution in [-0.2, 0) is 9.53 Å². The highest BCUT2D eigenvalue weighted by molar-refractivity contribution is 6.68. The number of ether oxygens (including phenoxy) is 1. The van der Waals surface area contributed by atoms with Gasteiger partial charge in [0.25, 0.3) is 0 Å². The van der Waals surface area contributed by atoms with Crippen LogP contribution in [0.5, 0.6) is 0 Å². The molecule has 2 heterocycles.